The van der Waals surface area contributed by atoms with Gasteiger partial charge in [-0.3, -0.25) is 0 Å². The molecule has 2 fully saturated rings. The highest BCUT2D eigenvalue weighted by molar-refractivity contribution is 8.13. The highest BCUT2D eigenvalue weighted by Crippen LogP contribution is 2.31. The third-order valence-electron chi connectivity index (χ3n) is 10.3. The number of aromatic amines is 2. The molecule has 0 aliphatic carbocycles. The first-order valence-corrected chi connectivity index (χ1v) is 25.0. The summed E-state index contributed by atoms with van der Waals surface area (Å²) in [5.41, 5.74) is 4.18. The molecule has 4 heterocycles. The Kier molecular flexibility index (Phi) is 20.3. The van der Waals surface area contributed by atoms with E-state index in [0.29, 0.717) is 31.8 Å². The lowest BCUT2D eigenvalue weighted by Crippen LogP contribution is -2.38. The summed E-state index contributed by atoms with van der Waals surface area (Å²) in [5.74, 6) is 1.97. The van der Waals surface area contributed by atoms with Crippen LogP contribution in [-0.2, 0) is 19.1 Å². The molecule has 0 radical (unpaired) electrons. The van der Waals surface area contributed by atoms with Crippen LogP contribution in [0.4, 0.5) is 8.78 Å². The summed E-state index contributed by atoms with van der Waals surface area (Å²) in [5, 5.41) is 3.57. The number of alkyl halides is 2. The van der Waals surface area contributed by atoms with Crippen LogP contribution in [0.25, 0.3) is 22.1 Å². The lowest BCUT2D eigenvalue weighted by molar-refractivity contribution is 0.314. The second-order valence-corrected chi connectivity index (χ2v) is 19.4. The molecule has 61 heavy (non-hydrogen) atoms. The number of rotatable bonds is 8. The zero-order chi connectivity index (χ0) is 44.4. The number of imidazole rings is 2. The average molecular weight is 941 g/mol. The van der Waals surface area contributed by atoms with Gasteiger partial charge in [0, 0.05) is 35.6 Å². The summed E-state index contributed by atoms with van der Waals surface area (Å²) in [4.78, 5) is 18.5. The maximum atomic E-state index is 13.0. The van der Waals surface area contributed by atoms with Crippen LogP contribution in [0, 0.1) is 11.6 Å². The Labute approximate surface area is 372 Å². The number of aromatic nitrogens is 4. The fourth-order valence-electron chi connectivity index (χ4n) is 6.82. The monoisotopic (exact) mass is 939 g/mol. The van der Waals surface area contributed by atoms with Crippen LogP contribution in [0.3, 0.4) is 0 Å². The molecule has 11 nitrogen and oxygen atoms in total. The molecule has 2 saturated heterocycles. The number of para-hydroxylation sites is 4. The van der Waals surface area contributed by atoms with E-state index in [4.69, 9.17) is 33.9 Å². The second kappa shape index (κ2) is 24.8. The van der Waals surface area contributed by atoms with E-state index in [2.05, 4.69) is 63.1 Å². The number of halogens is 5. The maximum absolute atomic E-state index is 13.0. The Bertz CT molecular complexity index is 2350. The molecule has 0 spiro atoms. The van der Waals surface area contributed by atoms with Crippen molar-refractivity contribution in [3.63, 3.8) is 0 Å². The van der Waals surface area contributed by atoms with Crippen LogP contribution in [0.15, 0.2) is 107 Å². The fourth-order valence-corrected chi connectivity index (χ4v) is 9.06. The SMILES string of the molecule is CCN(CC)CC.ClCCl.O=S(=O)(Cl)c1ccc(F)cc1.O=S(=O)(c1ccc(F)cc1)N1CCC(c2nc3ccccc3[nH]2)CC1.c1ccc2[nH]c(C3CCNCC3)nc2c1. The molecule has 8 rings (SSSR count). The normalized spacial score (nSPS) is 15.1. The molecule has 0 unspecified atom stereocenters. The molecule has 18 heteroatoms. The lowest BCUT2D eigenvalue weighted by atomic mass is 9.97. The van der Waals surface area contributed by atoms with Gasteiger partial charge in [-0.05, 0) is 131 Å². The van der Waals surface area contributed by atoms with Crippen molar-refractivity contribution in [3.8, 4) is 0 Å². The number of hydrogen-bond donors (Lipinski definition) is 3. The minimum Gasteiger partial charge on any atom is -0.342 e. The summed E-state index contributed by atoms with van der Waals surface area (Å²) in [7, 11) is -2.33. The maximum Gasteiger partial charge on any atom is 0.261 e. The average Bonchev–Trinajstić information content (AvgIpc) is 3.91. The van der Waals surface area contributed by atoms with E-state index in [1.54, 1.807) is 0 Å². The van der Waals surface area contributed by atoms with E-state index in [-0.39, 0.29) is 21.0 Å². The number of hydrogen-bond acceptors (Lipinski definition) is 8. The predicted octanol–water partition coefficient (Wildman–Crippen LogP) is 9.82. The van der Waals surface area contributed by atoms with Crippen molar-refractivity contribution in [3.05, 3.63) is 120 Å². The van der Waals surface area contributed by atoms with E-state index in [1.807, 2.05) is 36.4 Å². The standard InChI is InChI=1S/C18H18FN3O2S.C12H15N3.C6H4ClFO2S.C6H15N.CH2Cl2/c19-14-5-7-15(8-6-14)25(23,24)22-11-9-13(10-12-22)18-20-16-3-1-2-4-17(16)21-18;1-2-4-11-10(3-1)14-12(15-11)9-5-7-13-8-6-9;7-11(9,10)6-3-1-5(8)2-4-6;1-4-7(5-2)6-3;2-1-3/h1-8,13H,9-12H2,(H,20,21);1-4,9,13H,5-8H2,(H,14,15);1-4H;4-6H2,1-3H3;1H2. The summed E-state index contributed by atoms with van der Waals surface area (Å²) in [6, 6.07) is 25.4. The fraction of sp³-hybridized carbons (Fsp3) is 0.395. The molecule has 4 aromatic carbocycles. The molecule has 2 aliphatic rings. The van der Waals surface area contributed by atoms with Gasteiger partial charge in [-0.15, -0.1) is 23.2 Å². The first-order valence-electron chi connectivity index (χ1n) is 20.1. The Balaban J connectivity index is 0.000000194. The van der Waals surface area contributed by atoms with Gasteiger partial charge in [0.15, 0.2) is 0 Å². The van der Waals surface area contributed by atoms with Gasteiger partial charge in [-0.1, -0.05) is 45.0 Å². The van der Waals surface area contributed by atoms with Gasteiger partial charge >= 0.3 is 0 Å². The third-order valence-corrected chi connectivity index (χ3v) is 13.6. The number of piperidine rings is 2. The van der Waals surface area contributed by atoms with Crippen molar-refractivity contribution in [2.24, 2.45) is 0 Å². The van der Waals surface area contributed by atoms with Gasteiger partial charge in [-0.25, -0.2) is 35.6 Å². The van der Waals surface area contributed by atoms with Crippen molar-refractivity contribution in [1.29, 1.82) is 0 Å². The topological polar surface area (TPSA) is 144 Å². The van der Waals surface area contributed by atoms with Crippen LogP contribution < -0.4 is 5.32 Å². The number of sulfonamides is 1. The molecule has 0 atom stereocenters. The van der Waals surface area contributed by atoms with Crippen molar-refractivity contribution < 1.29 is 25.6 Å². The smallest absolute Gasteiger partial charge is 0.261 e. The van der Waals surface area contributed by atoms with Crippen molar-refractivity contribution in [1.82, 2.24) is 34.5 Å². The Hall–Kier alpha value is -3.67. The summed E-state index contributed by atoms with van der Waals surface area (Å²) < 4.78 is 73.2. The van der Waals surface area contributed by atoms with E-state index < -0.39 is 30.7 Å². The number of H-pyrrole nitrogens is 2. The minimum absolute atomic E-state index is 0.0967. The van der Waals surface area contributed by atoms with E-state index in [1.165, 1.54) is 61.0 Å². The lowest BCUT2D eigenvalue weighted by Gasteiger charge is -2.30. The quantitative estimate of drug-likeness (QED) is 0.101. The Morgan fingerprint density at radius 1 is 0.639 bits per heavy atom. The number of nitrogens with one attached hydrogen (secondary N) is 3. The van der Waals surface area contributed by atoms with Gasteiger partial charge in [-0.2, -0.15) is 4.31 Å². The summed E-state index contributed by atoms with van der Waals surface area (Å²) >= 11 is 9.53. The van der Waals surface area contributed by atoms with Gasteiger partial charge in [0.2, 0.25) is 10.0 Å². The van der Waals surface area contributed by atoms with Gasteiger partial charge in [0.05, 0.1) is 37.2 Å². The Morgan fingerprint density at radius 2 is 1.03 bits per heavy atom. The molecule has 0 bridgehead atoms. The third kappa shape index (κ3) is 15.3. The summed E-state index contributed by atoms with van der Waals surface area (Å²) in [6.45, 7) is 13.2. The van der Waals surface area contributed by atoms with Crippen molar-refractivity contribution in [2.45, 2.75) is 68.1 Å². The van der Waals surface area contributed by atoms with Gasteiger partial charge in [0.1, 0.15) is 23.3 Å². The molecule has 6 aromatic rings. The molecule has 3 N–H and O–H groups in total. The number of benzene rings is 4. The first-order chi connectivity index (χ1) is 29.2. The van der Waals surface area contributed by atoms with Crippen molar-refractivity contribution >= 4 is 75.0 Å². The molecular formula is C43H54Cl3F2N7O4S2. The number of nitrogens with zero attached hydrogens (tertiary/aromatic N) is 4. The van der Waals surface area contributed by atoms with E-state index in [0.717, 1.165) is 71.1 Å². The van der Waals surface area contributed by atoms with Crippen LogP contribution in [-0.4, -0.2) is 97.1 Å². The number of fused-ring (bicyclic) bond motifs is 2. The largest absolute Gasteiger partial charge is 0.342 e. The minimum atomic E-state index is -3.71. The van der Waals surface area contributed by atoms with Crippen LogP contribution in [0.5, 0.6) is 0 Å². The highest BCUT2D eigenvalue weighted by atomic mass is 35.7. The molecule has 0 saturated carbocycles. The molecule has 0 amide bonds. The van der Waals surface area contributed by atoms with Crippen molar-refractivity contribution in [2.75, 3.05) is 51.2 Å². The Morgan fingerprint density at radius 3 is 1.41 bits per heavy atom. The molecule has 332 valence electrons. The molecule has 2 aliphatic heterocycles. The first kappa shape index (κ1) is 50.0. The molecular weight excluding hydrogens is 887 g/mol. The predicted molar refractivity (Wildman–Crippen MR) is 244 cm³/mol. The summed E-state index contributed by atoms with van der Waals surface area (Å²) in [6.07, 6.45) is 3.81. The van der Waals surface area contributed by atoms with Gasteiger partial charge < -0.3 is 20.2 Å². The van der Waals surface area contributed by atoms with Crippen LogP contribution >= 0.6 is 33.9 Å². The van der Waals surface area contributed by atoms with Crippen LogP contribution in [0.2, 0.25) is 0 Å². The van der Waals surface area contributed by atoms with Gasteiger partial charge in [0.25, 0.3) is 9.05 Å². The van der Waals surface area contributed by atoms with Crippen LogP contribution in [0.1, 0.15) is 69.9 Å². The molecule has 2 aromatic heterocycles. The zero-order valence-electron chi connectivity index (χ0n) is 34.5. The van der Waals surface area contributed by atoms with E-state index >= 15 is 0 Å². The van der Waals surface area contributed by atoms with E-state index in [9.17, 15) is 25.6 Å². The highest BCUT2D eigenvalue weighted by Gasteiger charge is 2.31. The zero-order valence-corrected chi connectivity index (χ0v) is 38.4. The second-order valence-electron chi connectivity index (χ2n) is 14.0.